The second-order valence-corrected chi connectivity index (χ2v) is 29.2. The molecule has 0 bridgehead atoms. The molecule has 0 N–H and O–H groups in total. The number of aromatic nitrogens is 8. The van der Waals surface area contributed by atoms with Gasteiger partial charge >= 0.3 is 0 Å². The highest BCUT2D eigenvalue weighted by Gasteiger charge is 2.22. The molecule has 8 aromatic carbocycles. The number of hydrogen-bond acceptors (Lipinski definition) is 16. The molecule has 576 valence electrons. The lowest BCUT2D eigenvalue weighted by Crippen LogP contribution is -2.43. The average molecular weight is 1490 g/mol. The van der Waals surface area contributed by atoms with Gasteiger partial charge in [-0.2, -0.15) is 40.8 Å². The quantitative estimate of drug-likeness (QED) is 0.0669. The largest absolute Gasteiger partial charge is 0.295 e. The summed E-state index contributed by atoms with van der Waals surface area (Å²) in [4.78, 5) is 9.97. The van der Waals surface area contributed by atoms with Crippen molar-refractivity contribution in [2.24, 2.45) is 20.4 Å². The van der Waals surface area contributed by atoms with Crippen LogP contribution < -0.4 is 0 Å². The van der Waals surface area contributed by atoms with Gasteiger partial charge in [-0.3, -0.25) is 39.6 Å². The van der Waals surface area contributed by atoms with Crippen LogP contribution in [-0.2, 0) is 26.2 Å². The van der Waals surface area contributed by atoms with Crippen LogP contribution in [0.3, 0.4) is 0 Å². The Morgan fingerprint density at radius 2 is 0.384 bits per heavy atom. The predicted molar refractivity (Wildman–Crippen MR) is 456 cm³/mol. The second-order valence-electron chi connectivity index (χ2n) is 29.2. The van der Waals surface area contributed by atoms with Crippen molar-refractivity contribution in [3.05, 3.63) is 333 Å². The lowest BCUT2D eigenvalue weighted by Gasteiger charge is -2.33. The van der Waals surface area contributed by atoms with E-state index in [0.29, 0.717) is 0 Å². The third kappa shape index (κ3) is 21.5. The number of benzene rings is 8. The van der Waals surface area contributed by atoms with Gasteiger partial charge in [-0.1, -0.05) is 194 Å². The molecule has 0 amide bonds. The van der Waals surface area contributed by atoms with Gasteiger partial charge in [0.25, 0.3) is 0 Å². The molecular weight excluding hydrogens is 1390 g/mol. The molecule has 0 saturated carbocycles. The summed E-state index contributed by atoms with van der Waals surface area (Å²) < 4.78 is 7.98. The molecule has 16 rings (SSSR count). The van der Waals surface area contributed by atoms with E-state index in [0.717, 1.165) is 221 Å². The molecule has 20 heteroatoms. The van der Waals surface area contributed by atoms with Gasteiger partial charge in [0.1, 0.15) is 0 Å². The van der Waals surface area contributed by atoms with Crippen LogP contribution in [0.2, 0.25) is 0 Å². The van der Waals surface area contributed by atoms with Crippen LogP contribution in [-0.4, -0.2) is 208 Å². The van der Waals surface area contributed by atoms with Crippen molar-refractivity contribution < 1.29 is 0 Å². The third-order valence-electron chi connectivity index (χ3n) is 21.2. The van der Waals surface area contributed by atoms with E-state index in [1.165, 1.54) is 22.3 Å². The smallest absolute Gasteiger partial charge is 0.0689 e. The van der Waals surface area contributed by atoms with Crippen molar-refractivity contribution in [1.29, 1.82) is 0 Å². The number of nitrogens with zero attached hydrogens (tertiary/aromatic N) is 20. The maximum atomic E-state index is 4.75. The van der Waals surface area contributed by atoms with E-state index in [1.54, 1.807) is 0 Å². The van der Waals surface area contributed by atoms with Crippen molar-refractivity contribution in [1.82, 2.24) is 78.8 Å². The van der Waals surface area contributed by atoms with Crippen molar-refractivity contribution in [2.45, 2.75) is 81.6 Å². The lowest BCUT2D eigenvalue weighted by atomic mass is 10.2. The Morgan fingerprint density at radius 3 is 0.554 bits per heavy atom. The molecule has 4 aromatic heterocycles. The molecule has 112 heavy (non-hydrogen) atoms. The molecule has 0 aliphatic carbocycles. The van der Waals surface area contributed by atoms with Gasteiger partial charge in [-0.05, 0) is 126 Å². The first kappa shape index (κ1) is 78.4. The van der Waals surface area contributed by atoms with Crippen LogP contribution in [0.25, 0.3) is 22.7 Å². The fraction of sp³-hybridized carbons (Fsp3) is 0.304. The van der Waals surface area contributed by atoms with E-state index in [9.17, 15) is 0 Å². The number of para-hydroxylation sites is 4. The van der Waals surface area contributed by atoms with Crippen molar-refractivity contribution in [3.63, 3.8) is 0 Å². The third-order valence-corrected chi connectivity index (χ3v) is 21.2. The summed E-state index contributed by atoms with van der Waals surface area (Å²) in [6.07, 6.45) is 7.90. The standard InChI is InChI=1S/4C23H27N5/c4*1-19-23(20(2)28(25-19)22-11-7-4-8-12-22)17-24-27-15-13-26(14-16-27)18-21-9-5-3-6-10-21/h4*3-12,17H,13-16,18H2,1-2H3/b4*24-17+. The van der Waals surface area contributed by atoms with Crippen LogP contribution in [0, 0.1) is 55.4 Å². The topological polar surface area (TPSA) is 147 Å². The normalized spacial score (nSPS) is 15.4. The van der Waals surface area contributed by atoms with Gasteiger partial charge in [0, 0.05) is 153 Å². The monoisotopic (exact) mass is 1490 g/mol. The maximum Gasteiger partial charge on any atom is 0.0689 e. The van der Waals surface area contributed by atoms with Gasteiger partial charge < -0.3 is 0 Å². The van der Waals surface area contributed by atoms with Gasteiger partial charge in [-0.25, -0.2) is 18.7 Å². The number of aryl methyl sites for hydroxylation is 4. The summed E-state index contributed by atoms with van der Waals surface area (Å²) >= 11 is 0. The molecule has 0 radical (unpaired) electrons. The fourth-order valence-electron chi connectivity index (χ4n) is 14.6. The zero-order valence-corrected chi connectivity index (χ0v) is 66.5. The summed E-state index contributed by atoms with van der Waals surface area (Å²) in [6.45, 7) is 36.6. The SMILES string of the molecule is Cc1nn(-c2ccccc2)c(C)c1/C=N/N1CCN(Cc2ccccc2)CC1.Cc1nn(-c2ccccc2)c(C)c1/C=N/N1CCN(Cc2ccccc2)CC1.Cc1nn(-c2ccccc2)c(C)c1/C=N/N1CCN(Cc2ccccc2)CC1.Cc1nn(-c2ccccc2)c(C)c1/C=N/N1CCN(Cc2ccccc2)CC1. The average Bonchev–Trinajstić information content (AvgIpc) is 1.68. The minimum Gasteiger partial charge on any atom is -0.295 e. The Hall–Kier alpha value is -11.7. The molecular formula is C92H108N20. The molecule has 4 fully saturated rings. The van der Waals surface area contributed by atoms with E-state index in [-0.39, 0.29) is 0 Å². The van der Waals surface area contributed by atoms with Crippen LogP contribution in [0.4, 0.5) is 0 Å². The first-order valence-electron chi connectivity index (χ1n) is 39.5. The van der Waals surface area contributed by atoms with E-state index in [1.807, 2.05) is 144 Å². The molecule has 4 aliphatic rings. The predicted octanol–water partition coefficient (Wildman–Crippen LogP) is 14.6. The number of hydrazone groups is 4. The lowest BCUT2D eigenvalue weighted by molar-refractivity contribution is 0.131. The zero-order valence-electron chi connectivity index (χ0n) is 66.5. The Labute approximate surface area is 662 Å². The maximum absolute atomic E-state index is 4.75. The molecule has 0 atom stereocenters. The summed E-state index contributed by atoms with van der Waals surface area (Å²) in [6, 6.07) is 83.7. The highest BCUT2D eigenvalue weighted by Crippen LogP contribution is 2.23. The first-order valence-corrected chi connectivity index (χ1v) is 39.5. The molecule has 8 heterocycles. The molecule has 4 aliphatic heterocycles. The Morgan fingerprint density at radius 1 is 0.223 bits per heavy atom. The summed E-state index contributed by atoms with van der Waals surface area (Å²) in [5.74, 6) is 0. The number of rotatable bonds is 20. The minimum absolute atomic E-state index is 0.953. The van der Waals surface area contributed by atoms with Crippen LogP contribution in [0.1, 0.15) is 90.1 Å². The summed E-state index contributed by atoms with van der Waals surface area (Å²) in [5, 5.41) is 46.5. The summed E-state index contributed by atoms with van der Waals surface area (Å²) in [5.41, 5.74) is 22.8. The van der Waals surface area contributed by atoms with Gasteiger partial charge in [0.15, 0.2) is 0 Å². The summed E-state index contributed by atoms with van der Waals surface area (Å²) in [7, 11) is 0. The van der Waals surface area contributed by atoms with Crippen LogP contribution in [0.5, 0.6) is 0 Å². The van der Waals surface area contributed by atoms with E-state index >= 15 is 0 Å². The van der Waals surface area contributed by atoms with Crippen molar-refractivity contribution in [2.75, 3.05) is 105 Å². The van der Waals surface area contributed by atoms with E-state index < -0.39 is 0 Å². The molecule has 0 unspecified atom stereocenters. The number of hydrogen-bond donors (Lipinski definition) is 0. The van der Waals surface area contributed by atoms with Gasteiger partial charge in [0.05, 0.1) is 93.2 Å². The van der Waals surface area contributed by atoms with Crippen LogP contribution in [0.15, 0.2) is 263 Å². The van der Waals surface area contributed by atoms with Crippen molar-refractivity contribution >= 4 is 24.9 Å². The second kappa shape index (κ2) is 39.3. The minimum atomic E-state index is 0.953. The zero-order chi connectivity index (χ0) is 77.4. The highest BCUT2D eigenvalue weighted by atomic mass is 15.5. The van der Waals surface area contributed by atoms with E-state index in [2.05, 4.69) is 237 Å². The Bertz CT molecular complexity index is 4320. The molecule has 0 spiro atoms. The highest BCUT2D eigenvalue weighted by molar-refractivity contribution is 5.84. The fourth-order valence-corrected chi connectivity index (χ4v) is 14.6. The molecule has 20 nitrogen and oxygen atoms in total. The number of piperazine rings is 4. The first-order chi connectivity index (χ1) is 54.8. The Kier molecular flexibility index (Phi) is 27.5. The van der Waals surface area contributed by atoms with Crippen molar-refractivity contribution in [3.8, 4) is 22.7 Å². The molecule has 4 saturated heterocycles. The van der Waals surface area contributed by atoms with E-state index in [4.69, 9.17) is 40.8 Å². The Balaban J connectivity index is 0.000000131. The molecule has 12 aromatic rings. The van der Waals surface area contributed by atoms with Gasteiger partial charge in [0.2, 0.25) is 0 Å². The van der Waals surface area contributed by atoms with Gasteiger partial charge in [-0.15, -0.1) is 0 Å². The van der Waals surface area contributed by atoms with Crippen LogP contribution >= 0.6 is 0 Å².